The Morgan fingerprint density at radius 3 is 1.91 bits per heavy atom. The van der Waals surface area contributed by atoms with Gasteiger partial charge in [-0.2, -0.15) is 0 Å². The molecule has 138 valence electrons. The van der Waals surface area contributed by atoms with E-state index in [4.69, 9.17) is 18.9 Å². The van der Waals surface area contributed by atoms with Crippen LogP contribution in [0.1, 0.15) is 59.3 Å². The average Bonchev–Trinajstić information content (AvgIpc) is 2.89. The van der Waals surface area contributed by atoms with Crippen LogP contribution in [0.4, 0.5) is 0 Å². The molecule has 0 spiro atoms. The van der Waals surface area contributed by atoms with Crippen LogP contribution >= 0.6 is 11.8 Å². The maximum atomic E-state index is 6.18. The molecule has 1 aliphatic rings. The zero-order chi connectivity index (χ0) is 16.9. The molecule has 1 rings (SSSR count). The SMILES string of the molecule is CCCCOC[C@H]1S[C@@H](OC)[C@H](OCCCC)[C@@H]1OCCCC. The molecular formula is C18H36O4S. The summed E-state index contributed by atoms with van der Waals surface area (Å²) in [5.41, 5.74) is 0.0401. The molecule has 4 nitrogen and oxygen atoms in total. The fourth-order valence-corrected chi connectivity index (χ4v) is 3.97. The summed E-state index contributed by atoms with van der Waals surface area (Å²) in [5.74, 6) is 0. The van der Waals surface area contributed by atoms with Crippen LogP contribution in [0.5, 0.6) is 0 Å². The molecule has 0 N–H and O–H groups in total. The fraction of sp³-hybridized carbons (Fsp3) is 1.00. The predicted molar refractivity (Wildman–Crippen MR) is 97.2 cm³/mol. The van der Waals surface area contributed by atoms with Crippen molar-refractivity contribution in [1.29, 1.82) is 0 Å². The summed E-state index contributed by atoms with van der Waals surface area (Å²) in [6.45, 7) is 9.66. The third kappa shape index (κ3) is 7.74. The van der Waals surface area contributed by atoms with Crippen molar-refractivity contribution in [2.24, 2.45) is 0 Å². The zero-order valence-electron chi connectivity index (χ0n) is 15.4. The van der Waals surface area contributed by atoms with E-state index in [9.17, 15) is 0 Å². The van der Waals surface area contributed by atoms with E-state index in [0.717, 1.165) is 65.0 Å². The summed E-state index contributed by atoms with van der Waals surface area (Å²) in [5, 5.41) is 0.292. The highest BCUT2D eigenvalue weighted by molar-refractivity contribution is 8.00. The lowest BCUT2D eigenvalue weighted by Crippen LogP contribution is -2.40. The van der Waals surface area contributed by atoms with Crippen molar-refractivity contribution < 1.29 is 18.9 Å². The maximum absolute atomic E-state index is 6.18. The van der Waals surface area contributed by atoms with E-state index in [1.165, 1.54) is 0 Å². The zero-order valence-corrected chi connectivity index (χ0v) is 16.2. The van der Waals surface area contributed by atoms with Crippen molar-refractivity contribution in [2.45, 2.75) is 82.2 Å². The van der Waals surface area contributed by atoms with Gasteiger partial charge in [0.2, 0.25) is 0 Å². The minimum atomic E-state index is 0.00758. The number of thioether (sulfide) groups is 1. The minimum absolute atomic E-state index is 0.00758. The van der Waals surface area contributed by atoms with Crippen molar-refractivity contribution in [3.8, 4) is 0 Å². The maximum Gasteiger partial charge on any atom is 0.132 e. The number of hydrogen-bond acceptors (Lipinski definition) is 5. The van der Waals surface area contributed by atoms with Crippen LogP contribution in [0.25, 0.3) is 0 Å². The lowest BCUT2D eigenvalue weighted by atomic mass is 10.1. The lowest BCUT2D eigenvalue weighted by Gasteiger charge is -2.26. The summed E-state index contributed by atoms with van der Waals surface area (Å²) < 4.78 is 23.8. The largest absolute Gasteiger partial charge is 0.380 e. The molecule has 0 bridgehead atoms. The first-order valence-electron chi connectivity index (χ1n) is 9.27. The smallest absolute Gasteiger partial charge is 0.132 e. The Hall–Kier alpha value is 0.190. The summed E-state index contributed by atoms with van der Waals surface area (Å²) in [6.07, 6.45) is 6.80. The topological polar surface area (TPSA) is 36.9 Å². The second-order valence-electron chi connectivity index (χ2n) is 6.09. The van der Waals surface area contributed by atoms with Crippen LogP contribution in [0.3, 0.4) is 0 Å². The van der Waals surface area contributed by atoms with Gasteiger partial charge < -0.3 is 18.9 Å². The van der Waals surface area contributed by atoms with E-state index < -0.39 is 0 Å². The number of unbranched alkanes of at least 4 members (excludes halogenated alkanes) is 3. The summed E-state index contributed by atoms with van der Waals surface area (Å²) in [7, 11) is 1.76. The normalized spacial score (nSPS) is 27.7. The van der Waals surface area contributed by atoms with Crippen molar-refractivity contribution in [3.05, 3.63) is 0 Å². The standard InChI is InChI=1S/C18H36O4S/c1-5-8-11-20-14-15-16(21-12-9-6-2)17(18(19-4)23-15)22-13-10-7-3/h15-18H,5-14H2,1-4H3/t15-,16-,17-,18-/m1/s1. The third-order valence-corrected chi connectivity index (χ3v) is 5.52. The monoisotopic (exact) mass is 348 g/mol. The molecule has 0 aromatic carbocycles. The van der Waals surface area contributed by atoms with Gasteiger partial charge in [0, 0.05) is 26.9 Å². The van der Waals surface area contributed by atoms with Crippen LogP contribution in [0, 0.1) is 0 Å². The molecule has 23 heavy (non-hydrogen) atoms. The van der Waals surface area contributed by atoms with E-state index in [0.29, 0.717) is 5.25 Å². The number of methoxy groups -OCH3 is 1. The molecule has 0 aromatic rings. The Balaban J connectivity index is 2.57. The van der Waals surface area contributed by atoms with Crippen LogP contribution in [0.15, 0.2) is 0 Å². The van der Waals surface area contributed by atoms with Crippen molar-refractivity contribution in [1.82, 2.24) is 0 Å². The summed E-state index contributed by atoms with van der Waals surface area (Å²) in [4.78, 5) is 0. The van der Waals surface area contributed by atoms with Crippen molar-refractivity contribution in [2.75, 3.05) is 33.5 Å². The first kappa shape index (κ1) is 21.2. The third-order valence-electron chi connectivity index (χ3n) is 4.04. The van der Waals surface area contributed by atoms with Crippen LogP contribution in [-0.4, -0.2) is 56.4 Å². The van der Waals surface area contributed by atoms with Gasteiger partial charge in [-0.3, -0.25) is 0 Å². The molecule has 1 saturated heterocycles. The van der Waals surface area contributed by atoms with Gasteiger partial charge >= 0.3 is 0 Å². The molecule has 0 saturated carbocycles. The molecule has 4 atom stereocenters. The average molecular weight is 349 g/mol. The Bertz CT molecular complexity index is 278. The first-order valence-corrected chi connectivity index (χ1v) is 10.2. The van der Waals surface area contributed by atoms with Crippen molar-refractivity contribution in [3.63, 3.8) is 0 Å². The molecule has 0 amide bonds. The van der Waals surface area contributed by atoms with E-state index in [1.807, 2.05) is 0 Å². The minimum Gasteiger partial charge on any atom is -0.380 e. The molecular weight excluding hydrogens is 312 g/mol. The van der Waals surface area contributed by atoms with E-state index in [2.05, 4.69) is 20.8 Å². The quantitative estimate of drug-likeness (QED) is 0.438. The number of hydrogen-bond donors (Lipinski definition) is 0. The molecule has 0 radical (unpaired) electrons. The lowest BCUT2D eigenvalue weighted by molar-refractivity contribution is -0.103. The van der Waals surface area contributed by atoms with Crippen LogP contribution in [-0.2, 0) is 18.9 Å². The van der Waals surface area contributed by atoms with Crippen LogP contribution < -0.4 is 0 Å². The molecule has 5 heteroatoms. The Kier molecular flexibility index (Phi) is 12.4. The number of ether oxygens (including phenoxy) is 4. The highest BCUT2D eigenvalue weighted by Crippen LogP contribution is 2.38. The molecule has 1 aliphatic heterocycles. The van der Waals surface area contributed by atoms with Gasteiger partial charge in [-0.05, 0) is 19.3 Å². The van der Waals surface area contributed by atoms with Gasteiger partial charge in [-0.25, -0.2) is 0 Å². The molecule has 1 heterocycles. The summed E-state index contributed by atoms with van der Waals surface area (Å²) in [6, 6.07) is 0. The number of rotatable bonds is 14. The summed E-state index contributed by atoms with van der Waals surface area (Å²) >= 11 is 1.80. The molecule has 0 unspecified atom stereocenters. The molecule has 0 aliphatic carbocycles. The van der Waals surface area contributed by atoms with Crippen LogP contribution in [0.2, 0.25) is 0 Å². The first-order chi connectivity index (χ1) is 11.3. The van der Waals surface area contributed by atoms with E-state index in [-0.39, 0.29) is 17.6 Å². The second kappa shape index (κ2) is 13.5. The van der Waals surface area contributed by atoms with Gasteiger partial charge in [-0.15, -0.1) is 11.8 Å². The highest BCUT2D eigenvalue weighted by atomic mass is 32.2. The van der Waals surface area contributed by atoms with Gasteiger partial charge in [0.15, 0.2) is 0 Å². The van der Waals surface area contributed by atoms with Gasteiger partial charge in [0.1, 0.15) is 17.6 Å². The van der Waals surface area contributed by atoms with Gasteiger partial charge in [0.25, 0.3) is 0 Å². The Labute approximate surface area is 147 Å². The predicted octanol–water partition coefficient (Wildman–Crippen LogP) is 4.26. The van der Waals surface area contributed by atoms with E-state index >= 15 is 0 Å². The van der Waals surface area contributed by atoms with Gasteiger partial charge in [0.05, 0.1) is 11.9 Å². The van der Waals surface area contributed by atoms with Crippen molar-refractivity contribution >= 4 is 11.8 Å². The highest BCUT2D eigenvalue weighted by Gasteiger charge is 2.46. The second-order valence-corrected chi connectivity index (χ2v) is 7.43. The molecule has 1 fully saturated rings. The van der Waals surface area contributed by atoms with E-state index in [1.54, 1.807) is 18.9 Å². The van der Waals surface area contributed by atoms with Gasteiger partial charge in [-0.1, -0.05) is 40.0 Å². The Morgan fingerprint density at radius 1 is 0.783 bits per heavy atom. The Morgan fingerprint density at radius 2 is 1.35 bits per heavy atom. The molecule has 0 aromatic heterocycles. The fourth-order valence-electron chi connectivity index (χ4n) is 2.57.